The highest BCUT2D eigenvalue weighted by molar-refractivity contribution is 6.33. The standard InChI is InChI=1S/C11H10ClN3O/c12-9-2-1-8(5-10(9)13)6-15-7-14-4-3-11(15)16/h1-5,7H,6,13H2. The number of halogens is 1. The summed E-state index contributed by atoms with van der Waals surface area (Å²) in [5, 5.41) is 0.516. The fraction of sp³-hybridized carbons (Fsp3) is 0.0909. The second-order valence-electron chi connectivity index (χ2n) is 3.40. The van der Waals surface area contributed by atoms with Gasteiger partial charge in [0.05, 0.1) is 23.6 Å². The van der Waals surface area contributed by atoms with Crippen molar-refractivity contribution in [3.05, 3.63) is 57.7 Å². The summed E-state index contributed by atoms with van der Waals surface area (Å²) in [5.41, 5.74) is 7.01. The zero-order valence-corrected chi connectivity index (χ0v) is 9.19. The maximum absolute atomic E-state index is 11.4. The van der Waals surface area contributed by atoms with Crippen LogP contribution in [0.1, 0.15) is 5.56 Å². The molecule has 0 amide bonds. The first-order valence-electron chi connectivity index (χ1n) is 4.71. The Morgan fingerprint density at radius 3 is 2.88 bits per heavy atom. The van der Waals surface area contributed by atoms with Crippen molar-refractivity contribution in [1.82, 2.24) is 9.55 Å². The monoisotopic (exact) mass is 235 g/mol. The van der Waals surface area contributed by atoms with Crippen molar-refractivity contribution < 1.29 is 0 Å². The molecule has 1 aromatic heterocycles. The molecule has 0 bridgehead atoms. The minimum Gasteiger partial charge on any atom is -0.398 e. The smallest absolute Gasteiger partial charge is 0.253 e. The van der Waals surface area contributed by atoms with Crippen LogP contribution in [0.4, 0.5) is 5.69 Å². The molecular weight excluding hydrogens is 226 g/mol. The Morgan fingerprint density at radius 2 is 2.19 bits per heavy atom. The summed E-state index contributed by atoms with van der Waals surface area (Å²) in [6, 6.07) is 6.72. The minimum atomic E-state index is -0.0940. The van der Waals surface area contributed by atoms with E-state index in [1.54, 1.807) is 12.1 Å². The van der Waals surface area contributed by atoms with Crippen LogP contribution in [0.2, 0.25) is 5.02 Å². The van der Waals surface area contributed by atoms with Gasteiger partial charge in [-0.05, 0) is 17.7 Å². The van der Waals surface area contributed by atoms with Crippen molar-refractivity contribution in [3.63, 3.8) is 0 Å². The number of nitrogens with zero attached hydrogens (tertiary/aromatic N) is 2. The summed E-state index contributed by atoms with van der Waals surface area (Å²) in [7, 11) is 0. The normalized spacial score (nSPS) is 10.3. The first-order valence-corrected chi connectivity index (χ1v) is 5.09. The van der Waals surface area contributed by atoms with Crippen LogP contribution < -0.4 is 11.3 Å². The van der Waals surface area contributed by atoms with Crippen molar-refractivity contribution in [2.24, 2.45) is 0 Å². The minimum absolute atomic E-state index is 0.0940. The number of aromatic nitrogens is 2. The molecule has 0 fully saturated rings. The summed E-state index contributed by atoms with van der Waals surface area (Å²) >= 11 is 5.81. The van der Waals surface area contributed by atoms with Gasteiger partial charge in [-0.15, -0.1) is 0 Å². The Hall–Kier alpha value is -1.81. The lowest BCUT2D eigenvalue weighted by Crippen LogP contribution is -2.19. The van der Waals surface area contributed by atoms with Gasteiger partial charge in [0.1, 0.15) is 0 Å². The van der Waals surface area contributed by atoms with Gasteiger partial charge in [0.2, 0.25) is 0 Å². The number of benzene rings is 1. The SMILES string of the molecule is Nc1cc(Cn2cnccc2=O)ccc1Cl. The van der Waals surface area contributed by atoms with Gasteiger partial charge in [-0.2, -0.15) is 0 Å². The number of anilines is 1. The van der Waals surface area contributed by atoms with E-state index in [0.29, 0.717) is 17.3 Å². The van der Waals surface area contributed by atoms with Crippen molar-refractivity contribution in [1.29, 1.82) is 0 Å². The number of hydrogen-bond donors (Lipinski definition) is 1. The van der Waals surface area contributed by atoms with Crippen LogP contribution in [-0.4, -0.2) is 9.55 Å². The first-order chi connectivity index (χ1) is 7.66. The predicted octanol–water partition coefficient (Wildman–Crippen LogP) is 1.53. The van der Waals surface area contributed by atoms with E-state index in [9.17, 15) is 4.79 Å². The lowest BCUT2D eigenvalue weighted by atomic mass is 10.2. The van der Waals surface area contributed by atoms with Crippen LogP contribution in [0.15, 0.2) is 41.6 Å². The van der Waals surface area contributed by atoms with Crippen LogP contribution in [0.5, 0.6) is 0 Å². The average molecular weight is 236 g/mol. The van der Waals surface area contributed by atoms with E-state index in [2.05, 4.69) is 4.98 Å². The maximum atomic E-state index is 11.4. The molecule has 0 saturated heterocycles. The van der Waals surface area contributed by atoms with E-state index in [1.165, 1.54) is 23.2 Å². The van der Waals surface area contributed by atoms with Gasteiger partial charge >= 0.3 is 0 Å². The highest BCUT2D eigenvalue weighted by atomic mass is 35.5. The summed E-state index contributed by atoms with van der Waals surface area (Å²) in [6.45, 7) is 0.439. The summed E-state index contributed by atoms with van der Waals surface area (Å²) in [6.07, 6.45) is 2.96. The Kier molecular flexibility index (Phi) is 2.92. The van der Waals surface area contributed by atoms with Crippen LogP contribution in [0, 0.1) is 0 Å². The molecule has 0 aliphatic heterocycles. The second kappa shape index (κ2) is 4.37. The molecule has 0 aliphatic carbocycles. The Morgan fingerprint density at radius 1 is 1.38 bits per heavy atom. The van der Waals surface area contributed by atoms with Gasteiger partial charge in [0, 0.05) is 12.3 Å². The van der Waals surface area contributed by atoms with E-state index < -0.39 is 0 Å². The highest BCUT2D eigenvalue weighted by Gasteiger charge is 2.00. The van der Waals surface area contributed by atoms with Gasteiger partial charge in [-0.3, -0.25) is 9.36 Å². The third-order valence-electron chi connectivity index (χ3n) is 2.21. The molecule has 5 heteroatoms. The first kappa shape index (κ1) is 10.7. The third-order valence-corrected chi connectivity index (χ3v) is 2.55. The third kappa shape index (κ3) is 2.23. The summed E-state index contributed by atoms with van der Waals surface area (Å²) < 4.78 is 1.50. The zero-order valence-electron chi connectivity index (χ0n) is 8.43. The topological polar surface area (TPSA) is 60.9 Å². The molecule has 4 nitrogen and oxygen atoms in total. The van der Waals surface area contributed by atoms with Crippen LogP contribution in [-0.2, 0) is 6.54 Å². The van der Waals surface area contributed by atoms with E-state index in [4.69, 9.17) is 17.3 Å². The zero-order chi connectivity index (χ0) is 11.5. The van der Waals surface area contributed by atoms with E-state index in [0.717, 1.165) is 5.56 Å². The molecule has 2 rings (SSSR count). The lowest BCUT2D eigenvalue weighted by molar-refractivity contribution is 0.736. The van der Waals surface area contributed by atoms with Crippen molar-refractivity contribution in [3.8, 4) is 0 Å². The molecule has 2 aromatic rings. The fourth-order valence-electron chi connectivity index (χ4n) is 1.39. The van der Waals surface area contributed by atoms with Gasteiger partial charge in [0.15, 0.2) is 0 Å². The molecule has 1 aromatic carbocycles. The highest BCUT2D eigenvalue weighted by Crippen LogP contribution is 2.19. The van der Waals surface area contributed by atoms with Gasteiger partial charge < -0.3 is 5.73 Å². The molecule has 82 valence electrons. The molecule has 0 saturated carbocycles. The molecule has 0 radical (unpaired) electrons. The molecule has 2 N–H and O–H groups in total. The summed E-state index contributed by atoms with van der Waals surface area (Å²) in [4.78, 5) is 15.3. The van der Waals surface area contributed by atoms with E-state index in [1.807, 2.05) is 6.07 Å². The fourth-order valence-corrected chi connectivity index (χ4v) is 1.50. The van der Waals surface area contributed by atoms with E-state index >= 15 is 0 Å². The van der Waals surface area contributed by atoms with Crippen LogP contribution in [0.3, 0.4) is 0 Å². The van der Waals surface area contributed by atoms with Gasteiger partial charge in [0.25, 0.3) is 5.56 Å². The molecule has 16 heavy (non-hydrogen) atoms. The lowest BCUT2D eigenvalue weighted by Gasteiger charge is -2.06. The Balaban J connectivity index is 2.31. The number of nitrogens with two attached hydrogens (primary N) is 1. The average Bonchev–Trinajstić information content (AvgIpc) is 2.27. The van der Waals surface area contributed by atoms with Crippen molar-refractivity contribution >= 4 is 17.3 Å². The van der Waals surface area contributed by atoms with Gasteiger partial charge in [-0.25, -0.2) is 4.98 Å². The number of rotatable bonds is 2. The predicted molar refractivity (Wildman–Crippen MR) is 63.5 cm³/mol. The molecule has 0 unspecified atom stereocenters. The molecule has 0 spiro atoms. The molecule has 0 atom stereocenters. The summed E-state index contributed by atoms with van der Waals surface area (Å²) in [5.74, 6) is 0. The molecular formula is C11H10ClN3O. The van der Waals surface area contributed by atoms with Crippen molar-refractivity contribution in [2.75, 3.05) is 5.73 Å². The Labute approximate surface area is 97.3 Å². The molecule has 1 heterocycles. The van der Waals surface area contributed by atoms with Crippen LogP contribution in [0.25, 0.3) is 0 Å². The second-order valence-corrected chi connectivity index (χ2v) is 3.81. The quantitative estimate of drug-likeness (QED) is 0.803. The molecule has 0 aliphatic rings. The van der Waals surface area contributed by atoms with Gasteiger partial charge in [-0.1, -0.05) is 17.7 Å². The Bertz CT molecular complexity index is 565. The number of hydrogen-bond acceptors (Lipinski definition) is 3. The van der Waals surface area contributed by atoms with E-state index in [-0.39, 0.29) is 5.56 Å². The largest absolute Gasteiger partial charge is 0.398 e. The number of nitrogen functional groups attached to an aromatic ring is 1. The maximum Gasteiger partial charge on any atom is 0.253 e. The van der Waals surface area contributed by atoms with Crippen LogP contribution >= 0.6 is 11.6 Å². The van der Waals surface area contributed by atoms with Crippen molar-refractivity contribution in [2.45, 2.75) is 6.54 Å².